The lowest BCUT2D eigenvalue weighted by molar-refractivity contribution is 0.354. The van der Waals surface area contributed by atoms with E-state index in [9.17, 15) is 5.11 Å². The summed E-state index contributed by atoms with van der Waals surface area (Å²) in [6.45, 7) is 7.28. The maximum atomic E-state index is 11.2. The molecule has 0 N–H and O–H groups in total. The van der Waals surface area contributed by atoms with Crippen molar-refractivity contribution >= 4 is 0 Å². The van der Waals surface area contributed by atoms with E-state index in [2.05, 4.69) is 13.2 Å². The molecule has 0 aliphatic carbocycles. The first kappa shape index (κ1) is 9.59. The van der Waals surface area contributed by atoms with E-state index in [-0.39, 0.29) is 5.75 Å². The van der Waals surface area contributed by atoms with Crippen LogP contribution in [0.5, 0.6) is 5.75 Å². The van der Waals surface area contributed by atoms with Crippen molar-refractivity contribution in [1.29, 1.82) is 0 Å². The maximum absolute atomic E-state index is 11.2. The Labute approximate surface area is 79.0 Å². The maximum Gasteiger partial charge on any atom is 0.179 e. The van der Waals surface area contributed by atoms with Gasteiger partial charge < -0.3 is 0 Å². The van der Waals surface area contributed by atoms with E-state index in [0.717, 1.165) is 24.0 Å². The van der Waals surface area contributed by atoms with Gasteiger partial charge >= 0.3 is 0 Å². The van der Waals surface area contributed by atoms with Crippen LogP contribution in [-0.2, 0) is 17.9 Å². The second kappa shape index (κ2) is 4.51. The van der Waals surface area contributed by atoms with Gasteiger partial charge in [-0.25, -0.2) is 0 Å². The largest absolute Gasteiger partial charge is 0.290 e. The highest BCUT2D eigenvalue weighted by atomic mass is 16.3. The van der Waals surface area contributed by atoms with Crippen LogP contribution in [0.15, 0.2) is 43.5 Å². The normalized spacial score (nSPS) is 9.54. The van der Waals surface area contributed by atoms with Crippen LogP contribution in [0.25, 0.3) is 0 Å². The molecule has 1 nitrogen and oxygen atoms in total. The molecule has 0 unspecified atom stereocenters. The molecule has 1 aromatic carbocycles. The van der Waals surface area contributed by atoms with Gasteiger partial charge in [0.15, 0.2) is 5.75 Å². The van der Waals surface area contributed by atoms with Crippen molar-refractivity contribution in [2.24, 2.45) is 0 Å². The van der Waals surface area contributed by atoms with Crippen LogP contribution >= 0.6 is 0 Å². The number of allylic oxidation sites excluding steroid dienone is 2. The molecular weight excluding hydrogens is 160 g/mol. The van der Waals surface area contributed by atoms with Crippen molar-refractivity contribution in [3.8, 4) is 5.75 Å². The first-order chi connectivity index (χ1) is 6.26. The Morgan fingerprint density at radius 3 is 1.85 bits per heavy atom. The summed E-state index contributed by atoms with van der Waals surface area (Å²) in [5, 5.41) is 11.2. The summed E-state index contributed by atoms with van der Waals surface area (Å²) in [5.41, 5.74) is 2.05. The molecule has 0 fully saturated rings. The summed E-state index contributed by atoms with van der Waals surface area (Å²) in [5.74, 6) is 0.0659. The lowest BCUT2D eigenvalue weighted by Crippen LogP contribution is -1.85. The Morgan fingerprint density at radius 2 is 1.46 bits per heavy atom. The molecule has 0 saturated carbocycles. The number of hydrogen-bond donors (Lipinski definition) is 0. The Bertz CT molecular complexity index is 285. The molecule has 1 radical (unpaired) electrons. The third-order valence-corrected chi connectivity index (χ3v) is 1.79. The third kappa shape index (κ3) is 2.79. The minimum Gasteiger partial charge on any atom is -0.290 e. The van der Waals surface area contributed by atoms with Crippen LogP contribution < -0.4 is 0 Å². The van der Waals surface area contributed by atoms with Crippen molar-refractivity contribution in [3.05, 3.63) is 54.6 Å². The highest BCUT2D eigenvalue weighted by Crippen LogP contribution is 2.17. The van der Waals surface area contributed by atoms with E-state index in [1.165, 1.54) is 0 Å². The smallest absolute Gasteiger partial charge is 0.179 e. The van der Waals surface area contributed by atoms with Crippen LogP contribution in [0.1, 0.15) is 11.1 Å². The Balaban J connectivity index is 2.95. The molecule has 1 aromatic rings. The van der Waals surface area contributed by atoms with Crippen LogP contribution in [-0.4, -0.2) is 0 Å². The minimum absolute atomic E-state index is 0.0659. The zero-order valence-corrected chi connectivity index (χ0v) is 7.62. The van der Waals surface area contributed by atoms with E-state index >= 15 is 0 Å². The van der Waals surface area contributed by atoms with Gasteiger partial charge in [-0.2, -0.15) is 0 Å². The van der Waals surface area contributed by atoms with Crippen LogP contribution in [0.3, 0.4) is 0 Å². The molecule has 0 spiro atoms. The van der Waals surface area contributed by atoms with E-state index in [0.29, 0.717) is 0 Å². The van der Waals surface area contributed by atoms with Gasteiger partial charge in [0.2, 0.25) is 0 Å². The molecule has 0 heterocycles. The first-order valence-electron chi connectivity index (χ1n) is 4.28. The second-order valence-electron chi connectivity index (χ2n) is 2.97. The van der Waals surface area contributed by atoms with Crippen molar-refractivity contribution < 1.29 is 5.11 Å². The molecule has 0 atom stereocenters. The van der Waals surface area contributed by atoms with E-state index in [1.807, 2.05) is 6.07 Å². The molecule has 1 rings (SSSR count). The van der Waals surface area contributed by atoms with Gasteiger partial charge in [0.05, 0.1) is 0 Å². The Hall–Kier alpha value is -1.50. The summed E-state index contributed by atoms with van der Waals surface area (Å²) < 4.78 is 0. The van der Waals surface area contributed by atoms with Gasteiger partial charge in [-0.3, -0.25) is 5.11 Å². The van der Waals surface area contributed by atoms with Crippen LogP contribution in [0, 0.1) is 0 Å². The predicted molar refractivity (Wildman–Crippen MR) is 54.4 cm³/mol. The van der Waals surface area contributed by atoms with Gasteiger partial charge in [0.1, 0.15) is 0 Å². The average Bonchev–Trinajstić information content (AvgIpc) is 2.04. The Kier molecular flexibility index (Phi) is 3.32. The molecule has 0 bridgehead atoms. The van der Waals surface area contributed by atoms with Crippen LogP contribution in [0.2, 0.25) is 0 Å². The number of hydrogen-bond acceptors (Lipinski definition) is 0. The fourth-order valence-electron chi connectivity index (χ4n) is 1.30. The van der Waals surface area contributed by atoms with E-state index in [4.69, 9.17) is 0 Å². The monoisotopic (exact) mass is 173 g/mol. The van der Waals surface area contributed by atoms with Gasteiger partial charge in [0.25, 0.3) is 0 Å². The quantitative estimate of drug-likeness (QED) is 0.623. The van der Waals surface area contributed by atoms with Gasteiger partial charge in [0, 0.05) is 0 Å². The minimum atomic E-state index is 0.0659. The summed E-state index contributed by atoms with van der Waals surface area (Å²) in [7, 11) is 0. The van der Waals surface area contributed by atoms with Crippen molar-refractivity contribution in [2.45, 2.75) is 12.8 Å². The Morgan fingerprint density at radius 1 is 1.00 bits per heavy atom. The molecule has 0 saturated heterocycles. The van der Waals surface area contributed by atoms with Crippen molar-refractivity contribution in [1.82, 2.24) is 0 Å². The molecule has 67 valence electrons. The fraction of sp³-hybridized carbons (Fsp3) is 0.167. The fourth-order valence-corrected chi connectivity index (χ4v) is 1.30. The summed E-state index contributed by atoms with van der Waals surface area (Å²) >= 11 is 0. The van der Waals surface area contributed by atoms with Crippen molar-refractivity contribution in [2.75, 3.05) is 0 Å². The number of benzene rings is 1. The summed E-state index contributed by atoms with van der Waals surface area (Å²) in [6, 6.07) is 5.31. The SMILES string of the molecule is C=CCc1cc([O])cc(CC=C)c1. The predicted octanol–water partition coefficient (Wildman–Crippen LogP) is 3.29. The standard InChI is InChI=1S/C12H13O/c1-3-5-10-7-11(6-4-2)9-12(13)8-10/h3-4,7-9H,1-2,5-6H2. The molecule has 0 aromatic heterocycles. The highest BCUT2D eigenvalue weighted by Gasteiger charge is 1.98. The molecule has 13 heavy (non-hydrogen) atoms. The second-order valence-corrected chi connectivity index (χ2v) is 2.97. The highest BCUT2D eigenvalue weighted by molar-refractivity contribution is 5.35. The van der Waals surface area contributed by atoms with Gasteiger partial charge in [-0.05, 0) is 36.1 Å². The van der Waals surface area contributed by atoms with Crippen LogP contribution in [0.4, 0.5) is 0 Å². The molecular formula is C12H13O. The van der Waals surface area contributed by atoms with E-state index < -0.39 is 0 Å². The van der Waals surface area contributed by atoms with Gasteiger partial charge in [-0.1, -0.05) is 18.2 Å². The topological polar surface area (TPSA) is 19.9 Å². The zero-order chi connectivity index (χ0) is 9.68. The zero-order valence-electron chi connectivity index (χ0n) is 7.62. The third-order valence-electron chi connectivity index (χ3n) is 1.79. The lowest BCUT2D eigenvalue weighted by atomic mass is 10.1. The first-order valence-corrected chi connectivity index (χ1v) is 4.28. The molecule has 0 aliphatic heterocycles. The molecule has 1 heteroatoms. The lowest BCUT2D eigenvalue weighted by Gasteiger charge is -2.01. The summed E-state index contributed by atoms with van der Waals surface area (Å²) in [6.07, 6.45) is 5.10. The summed E-state index contributed by atoms with van der Waals surface area (Å²) in [4.78, 5) is 0. The number of rotatable bonds is 4. The van der Waals surface area contributed by atoms with Crippen molar-refractivity contribution in [3.63, 3.8) is 0 Å². The average molecular weight is 173 g/mol. The molecule has 0 aliphatic rings. The van der Waals surface area contributed by atoms with Gasteiger partial charge in [-0.15, -0.1) is 13.2 Å². The molecule has 0 amide bonds. The van der Waals surface area contributed by atoms with E-state index in [1.54, 1.807) is 24.3 Å².